The molecule has 9 heteroatoms. The summed E-state index contributed by atoms with van der Waals surface area (Å²) < 4.78 is 35.6. The van der Waals surface area contributed by atoms with Crippen LogP contribution in [0.1, 0.15) is 38.3 Å². The number of sulfone groups is 1. The average Bonchev–Trinajstić information content (AvgIpc) is 2.87. The van der Waals surface area contributed by atoms with E-state index in [2.05, 4.69) is 9.84 Å². The van der Waals surface area contributed by atoms with Gasteiger partial charge in [0.2, 0.25) is 11.7 Å². The number of hydrogen-bond acceptors (Lipinski definition) is 7. The number of aromatic nitrogens is 2. The molecule has 0 spiro atoms. The van der Waals surface area contributed by atoms with E-state index in [0.29, 0.717) is 27.9 Å². The molecule has 0 fully saturated rings. The van der Waals surface area contributed by atoms with E-state index in [9.17, 15) is 18.0 Å². The number of rotatable bonds is 6. The molecule has 1 heterocycles. The van der Waals surface area contributed by atoms with Crippen molar-refractivity contribution >= 4 is 21.6 Å². The molecule has 0 saturated carbocycles. The van der Waals surface area contributed by atoms with Crippen LogP contribution in [0.3, 0.4) is 0 Å². The number of carbonyl (C=O) groups is 2. The lowest BCUT2D eigenvalue weighted by Gasteiger charge is -2.15. The molecule has 0 atom stereocenters. The number of ketones is 1. The summed E-state index contributed by atoms with van der Waals surface area (Å²) in [5, 5.41) is 4.22. The maximum atomic E-state index is 13.3. The Morgan fingerprint density at radius 1 is 1.14 bits per heavy atom. The van der Waals surface area contributed by atoms with Crippen LogP contribution >= 0.6 is 0 Å². The highest BCUT2D eigenvalue weighted by molar-refractivity contribution is 7.90. The number of ether oxygens (including phenoxy) is 2. The zero-order chi connectivity index (χ0) is 21.4. The highest BCUT2D eigenvalue weighted by Gasteiger charge is 2.27. The van der Waals surface area contributed by atoms with E-state index in [-0.39, 0.29) is 28.7 Å². The van der Waals surface area contributed by atoms with E-state index >= 15 is 0 Å². The summed E-state index contributed by atoms with van der Waals surface area (Å²) in [6.07, 6.45) is 1.15. The minimum absolute atomic E-state index is 0.148. The Morgan fingerprint density at radius 3 is 2.29 bits per heavy atom. The molecule has 0 unspecified atom stereocenters. The van der Waals surface area contributed by atoms with Crippen molar-refractivity contribution in [1.82, 2.24) is 9.78 Å². The van der Waals surface area contributed by atoms with Gasteiger partial charge in [-0.25, -0.2) is 17.9 Å². The summed E-state index contributed by atoms with van der Waals surface area (Å²) in [7, 11) is -0.587. The summed E-state index contributed by atoms with van der Waals surface area (Å²) in [6.45, 7) is 6.35. The quantitative estimate of drug-likeness (QED) is 0.530. The lowest BCUT2D eigenvalue weighted by Crippen LogP contribution is -2.16. The third-order valence-corrected chi connectivity index (χ3v) is 5.96. The Balaban J connectivity index is 2.61. The SMILES string of the molecule is COC(=O)COc1c(C(=O)c2cc(C)c(S(C)(=O)=O)c(C)c2C)c(C)nn1C. The van der Waals surface area contributed by atoms with Gasteiger partial charge >= 0.3 is 5.97 Å². The van der Waals surface area contributed by atoms with Crippen LogP contribution in [-0.4, -0.2) is 49.9 Å². The smallest absolute Gasteiger partial charge is 0.343 e. The molecule has 28 heavy (non-hydrogen) atoms. The van der Waals surface area contributed by atoms with Crippen molar-refractivity contribution in [3.05, 3.63) is 39.6 Å². The first-order valence-corrected chi connectivity index (χ1v) is 10.4. The zero-order valence-corrected chi connectivity index (χ0v) is 17.9. The second-order valence-electron chi connectivity index (χ2n) is 6.68. The highest BCUT2D eigenvalue weighted by atomic mass is 32.2. The molecule has 2 aromatic rings. The Labute approximate surface area is 164 Å². The number of nitrogens with zero attached hydrogens (tertiary/aromatic N) is 2. The predicted octanol–water partition coefficient (Wildman–Crippen LogP) is 1.84. The Kier molecular flexibility index (Phi) is 5.98. The maximum absolute atomic E-state index is 13.3. The molecule has 0 N–H and O–H groups in total. The van der Waals surface area contributed by atoms with Gasteiger partial charge in [-0.2, -0.15) is 5.10 Å². The Hall–Kier alpha value is -2.68. The third-order valence-electron chi connectivity index (χ3n) is 4.59. The highest BCUT2D eigenvalue weighted by Crippen LogP contribution is 2.31. The molecule has 0 bridgehead atoms. The minimum atomic E-state index is -3.43. The number of hydrogen-bond donors (Lipinski definition) is 0. The maximum Gasteiger partial charge on any atom is 0.343 e. The topological polar surface area (TPSA) is 105 Å². The molecule has 0 aliphatic rings. The van der Waals surface area contributed by atoms with Crippen LogP contribution in [0.2, 0.25) is 0 Å². The van der Waals surface area contributed by atoms with Crippen molar-refractivity contribution < 1.29 is 27.5 Å². The molecule has 152 valence electrons. The standard InChI is InChI=1S/C19H24N2O6S/c1-10-8-14(11(2)12(3)18(10)28(7,24)25)17(23)16-13(4)20-21(5)19(16)27-9-15(22)26-6/h8H,9H2,1-7H3. The van der Waals surface area contributed by atoms with Gasteiger partial charge in [-0.15, -0.1) is 0 Å². The van der Waals surface area contributed by atoms with Crippen molar-refractivity contribution in [2.75, 3.05) is 20.0 Å². The zero-order valence-electron chi connectivity index (χ0n) is 17.0. The molecule has 2 rings (SSSR count). The van der Waals surface area contributed by atoms with Crippen molar-refractivity contribution in [1.29, 1.82) is 0 Å². The molecule has 1 aromatic heterocycles. The van der Waals surface area contributed by atoms with Gasteiger partial charge < -0.3 is 9.47 Å². The van der Waals surface area contributed by atoms with Gasteiger partial charge in [-0.3, -0.25) is 4.79 Å². The fourth-order valence-electron chi connectivity index (χ4n) is 3.25. The number of esters is 1. The van der Waals surface area contributed by atoms with Gasteiger partial charge in [0, 0.05) is 18.9 Å². The molecule has 0 radical (unpaired) electrons. The Morgan fingerprint density at radius 2 is 1.75 bits per heavy atom. The van der Waals surface area contributed by atoms with Crippen LogP contribution in [-0.2, 0) is 26.4 Å². The average molecular weight is 408 g/mol. The fourth-order valence-corrected chi connectivity index (χ4v) is 4.60. The van der Waals surface area contributed by atoms with E-state index in [1.807, 2.05) is 0 Å². The summed E-state index contributed by atoms with van der Waals surface area (Å²) in [4.78, 5) is 24.9. The summed E-state index contributed by atoms with van der Waals surface area (Å²) >= 11 is 0. The summed E-state index contributed by atoms with van der Waals surface area (Å²) in [5.41, 5.74) is 2.62. The van der Waals surface area contributed by atoms with E-state index in [4.69, 9.17) is 4.74 Å². The normalized spacial score (nSPS) is 11.4. The monoisotopic (exact) mass is 408 g/mol. The summed E-state index contributed by atoms with van der Waals surface area (Å²) in [6, 6.07) is 1.57. The van der Waals surface area contributed by atoms with Crippen molar-refractivity contribution in [2.45, 2.75) is 32.6 Å². The largest absolute Gasteiger partial charge is 0.466 e. The second kappa shape index (κ2) is 7.75. The van der Waals surface area contributed by atoms with Crippen LogP contribution in [0.15, 0.2) is 11.0 Å². The molecule has 0 aliphatic carbocycles. The first-order valence-electron chi connectivity index (χ1n) is 8.48. The van der Waals surface area contributed by atoms with Crippen LogP contribution in [0.25, 0.3) is 0 Å². The number of aryl methyl sites for hydroxylation is 3. The lowest BCUT2D eigenvalue weighted by molar-refractivity contribution is -0.143. The molecule has 0 aliphatic heterocycles. The van der Waals surface area contributed by atoms with Gasteiger partial charge in [0.25, 0.3) is 0 Å². The molecule has 1 aromatic carbocycles. The minimum Gasteiger partial charge on any atom is -0.466 e. The van der Waals surface area contributed by atoms with Crippen LogP contribution < -0.4 is 4.74 Å². The van der Waals surface area contributed by atoms with Crippen LogP contribution in [0.5, 0.6) is 5.88 Å². The van der Waals surface area contributed by atoms with E-state index in [1.165, 1.54) is 11.8 Å². The van der Waals surface area contributed by atoms with E-state index in [1.54, 1.807) is 40.8 Å². The van der Waals surface area contributed by atoms with E-state index in [0.717, 1.165) is 6.26 Å². The lowest BCUT2D eigenvalue weighted by atomic mass is 9.94. The third kappa shape index (κ3) is 3.94. The molecule has 0 saturated heterocycles. The molecular weight excluding hydrogens is 384 g/mol. The van der Waals surface area contributed by atoms with Gasteiger partial charge in [0.15, 0.2) is 16.4 Å². The number of benzene rings is 1. The van der Waals surface area contributed by atoms with E-state index < -0.39 is 15.8 Å². The van der Waals surface area contributed by atoms with Crippen molar-refractivity contribution in [3.8, 4) is 5.88 Å². The van der Waals surface area contributed by atoms with Crippen LogP contribution in [0.4, 0.5) is 0 Å². The predicted molar refractivity (Wildman–Crippen MR) is 103 cm³/mol. The van der Waals surface area contributed by atoms with Gasteiger partial charge in [0.05, 0.1) is 17.7 Å². The van der Waals surface area contributed by atoms with Gasteiger partial charge in [-0.05, 0) is 50.5 Å². The number of carbonyl (C=O) groups excluding carboxylic acids is 2. The second-order valence-corrected chi connectivity index (χ2v) is 8.63. The van der Waals surface area contributed by atoms with Gasteiger partial charge in [0.1, 0.15) is 5.56 Å². The van der Waals surface area contributed by atoms with Crippen LogP contribution in [0, 0.1) is 27.7 Å². The van der Waals surface area contributed by atoms with Gasteiger partial charge in [-0.1, -0.05) is 0 Å². The number of methoxy groups -OCH3 is 1. The Bertz CT molecular complexity index is 1070. The van der Waals surface area contributed by atoms with Crippen molar-refractivity contribution in [2.24, 2.45) is 7.05 Å². The summed E-state index contributed by atoms with van der Waals surface area (Å²) in [5.74, 6) is -0.790. The first-order chi connectivity index (χ1) is 12.9. The molecule has 0 amide bonds. The molecular formula is C19H24N2O6S. The molecule has 8 nitrogen and oxygen atoms in total. The van der Waals surface area contributed by atoms with Crippen molar-refractivity contribution in [3.63, 3.8) is 0 Å². The fraction of sp³-hybridized carbons (Fsp3) is 0.421. The first kappa shape index (κ1) is 21.6.